The van der Waals surface area contributed by atoms with Gasteiger partial charge in [-0.1, -0.05) is 24.8 Å². The molecule has 0 spiro atoms. The van der Waals surface area contributed by atoms with Crippen molar-refractivity contribution in [1.82, 2.24) is 4.98 Å². The summed E-state index contributed by atoms with van der Waals surface area (Å²) in [5, 5.41) is 13.4. The van der Waals surface area contributed by atoms with Crippen LogP contribution in [-0.2, 0) is 9.59 Å². The third-order valence-electron chi connectivity index (χ3n) is 5.43. The Hall–Kier alpha value is -4.11. The van der Waals surface area contributed by atoms with E-state index in [1.54, 1.807) is 60.1 Å². The number of ether oxygens (including phenoxy) is 3. The molecule has 1 saturated heterocycles. The molecule has 0 bridgehead atoms. The van der Waals surface area contributed by atoms with Gasteiger partial charge in [-0.05, 0) is 35.9 Å². The summed E-state index contributed by atoms with van der Waals surface area (Å²) in [5.74, 6) is -0.324. The highest BCUT2D eigenvalue weighted by Gasteiger charge is 2.48. The minimum absolute atomic E-state index is 0.0438. The van der Waals surface area contributed by atoms with Crippen LogP contribution in [0.1, 0.15) is 17.2 Å². The van der Waals surface area contributed by atoms with Gasteiger partial charge in [0, 0.05) is 17.1 Å². The largest absolute Gasteiger partial charge is 0.507 e. The number of rotatable bonds is 6. The number of Topliss-reactive ketones (excluding diaryl/α,β-unsaturated/α-hetero) is 1. The molecule has 3 heterocycles. The van der Waals surface area contributed by atoms with Crippen LogP contribution in [0.15, 0.2) is 72.3 Å². The number of amides is 1. The number of hydrogen-bond acceptors (Lipinski definition) is 8. The summed E-state index contributed by atoms with van der Waals surface area (Å²) >= 11 is 1.23. The van der Waals surface area contributed by atoms with Crippen LogP contribution in [0.25, 0.3) is 5.76 Å². The molecule has 1 N–H and O–H groups in total. The number of aliphatic hydroxyl groups is 1. The van der Waals surface area contributed by atoms with Crippen molar-refractivity contribution in [3.63, 3.8) is 0 Å². The summed E-state index contributed by atoms with van der Waals surface area (Å²) in [6, 6.07) is 11.0. The number of benzene rings is 2. The van der Waals surface area contributed by atoms with Crippen LogP contribution in [-0.4, -0.2) is 41.6 Å². The average molecular weight is 477 g/mol. The van der Waals surface area contributed by atoms with Crippen LogP contribution in [0.4, 0.5) is 5.13 Å². The number of aromatic nitrogens is 1. The maximum Gasteiger partial charge on any atom is 0.301 e. The number of aliphatic hydroxyl groups excluding tert-OH is 1. The van der Waals surface area contributed by atoms with Gasteiger partial charge in [0.05, 0.1) is 11.6 Å². The SMILES string of the molecule is C=CCOc1cccc(C2C(=C(O)c3ccc4c(c3)OCCO4)C(=O)C(=O)N2c2nccs2)c1. The van der Waals surface area contributed by atoms with E-state index in [1.807, 2.05) is 0 Å². The molecule has 3 aromatic rings. The van der Waals surface area contributed by atoms with E-state index in [2.05, 4.69) is 11.6 Å². The molecule has 34 heavy (non-hydrogen) atoms. The fraction of sp³-hybridized carbons (Fsp3) is 0.160. The van der Waals surface area contributed by atoms with Crippen molar-refractivity contribution in [2.45, 2.75) is 6.04 Å². The van der Waals surface area contributed by atoms with Crippen LogP contribution >= 0.6 is 11.3 Å². The van der Waals surface area contributed by atoms with Gasteiger partial charge in [-0.2, -0.15) is 0 Å². The lowest BCUT2D eigenvalue weighted by Crippen LogP contribution is -2.29. The van der Waals surface area contributed by atoms with E-state index in [-0.39, 0.29) is 11.3 Å². The van der Waals surface area contributed by atoms with Crippen molar-refractivity contribution in [3.8, 4) is 17.2 Å². The zero-order chi connectivity index (χ0) is 23.7. The van der Waals surface area contributed by atoms with Crippen molar-refractivity contribution < 1.29 is 28.9 Å². The minimum atomic E-state index is -0.897. The molecule has 1 unspecified atom stereocenters. The van der Waals surface area contributed by atoms with Gasteiger partial charge in [-0.3, -0.25) is 14.5 Å². The number of ketones is 1. The normalized spacial score (nSPS) is 18.7. The molecule has 0 radical (unpaired) electrons. The number of hydrogen-bond donors (Lipinski definition) is 1. The van der Waals surface area contributed by atoms with Gasteiger partial charge >= 0.3 is 5.91 Å². The Morgan fingerprint density at radius 3 is 2.79 bits per heavy atom. The molecular formula is C25H20N2O6S. The number of carbonyl (C=O) groups is 2. The zero-order valence-corrected chi connectivity index (χ0v) is 18.8. The molecule has 1 aromatic heterocycles. The first-order valence-corrected chi connectivity index (χ1v) is 11.4. The lowest BCUT2D eigenvalue weighted by atomic mass is 9.95. The Morgan fingerprint density at radius 2 is 2.03 bits per heavy atom. The molecule has 1 fully saturated rings. The number of anilines is 1. The van der Waals surface area contributed by atoms with Gasteiger partial charge in [0.2, 0.25) is 0 Å². The second-order valence-electron chi connectivity index (χ2n) is 7.51. The zero-order valence-electron chi connectivity index (χ0n) is 18.0. The summed E-state index contributed by atoms with van der Waals surface area (Å²) in [6.07, 6.45) is 3.18. The molecular weight excluding hydrogens is 456 g/mol. The molecule has 9 heteroatoms. The minimum Gasteiger partial charge on any atom is -0.507 e. The molecule has 1 atom stereocenters. The lowest BCUT2D eigenvalue weighted by Gasteiger charge is -2.23. The predicted molar refractivity (Wildman–Crippen MR) is 126 cm³/mol. The quantitative estimate of drug-likeness (QED) is 0.247. The average Bonchev–Trinajstić information content (AvgIpc) is 3.49. The Morgan fingerprint density at radius 1 is 1.21 bits per heavy atom. The first-order chi connectivity index (χ1) is 16.6. The second kappa shape index (κ2) is 9.03. The highest BCUT2D eigenvalue weighted by Crippen LogP contribution is 2.44. The number of nitrogens with zero attached hydrogens (tertiary/aromatic N) is 2. The number of fused-ring (bicyclic) bond motifs is 1. The third-order valence-corrected chi connectivity index (χ3v) is 6.20. The van der Waals surface area contributed by atoms with Gasteiger partial charge < -0.3 is 19.3 Å². The van der Waals surface area contributed by atoms with Crippen molar-refractivity contribution in [3.05, 3.63) is 83.4 Å². The Kier molecular flexibility index (Phi) is 5.77. The first-order valence-electron chi connectivity index (χ1n) is 10.5. The molecule has 8 nitrogen and oxygen atoms in total. The molecule has 172 valence electrons. The fourth-order valence-corrected chi connectivity index (χ4v) is 4.62. The molecule has 2 aliphatic heterocycles. The lowest BCUT2D eigenvalue weighted by molar-refractivity contribution is -0.132. The summed E-state index contributed by atoms with van der Waals surface area (Å²) in [5.41, 5.74) is 0.887. The van der Waals surface area contributed by atoms with E-state index in [4.69, 9.17) is 14.2 Å². The van der Waals surface area contributed by atoms with Gasteiger partial charge in [0.15, 0.2) is 16.6 Å². The molecule has 0 aliphatic carbocycles. The Labute approximate surface area is 199 Å². The van der Waals surface area contributed by atoms with Gasteiger partial charge in [0.25, 0.3) is 5.78 Å². The van der Waals surface area contributed by atoms with Gasteiger partial charge in [0.1, 0.15) is 31.3 Å². The predicted octanol–water partition coefficient (Wildman–Crippen LogP) is 4.11. The maximum absolute atomic E-state index is 13.2. The van der Waals surface area contributed by atoms with E-state index >= 15 is 0 Å². The standard InChI is InChI=1S/C25H20N2O6S/c1-2-9-31-17-5-3-4-15(13-17)21-20(23(29)24(30)27(21)25-26-8-12-34-25)22(28)16-6-7-18-19(14-16)33-11-10-32-18/h2-8,12-14,21,28H,1,9-11H2. The smallest absolute Gasteiger partial charge is 0.301 e. The number of carbonyl (C=O) groups excluding carboxylic acids is 2. The monoisotopic (exact) mass is 476 g/mol. The maximum atomic E-state index is 13.2. The second-order valence-corrected chi connectivity index (χ2v) is 8.39. The van der Waals surface area contributed by atoms with E-state index in [9.17, 15) is 14.7 Å². The molecule has 1 amide bonds. The van der Waals surface area contributed by atoms with Gasteiger partial charge in [-0.15, -0.1) is 11.3 Å². The summed E-state index contributed by atoms with van der Waals surface area (Å²) in [6.45, 7) is 4.76. The molecule has 2 aromatic carbocycles. The Bertz CT molecular complexity index is 1300. The molecule has 0 saturated carbocycles. The highest BCUT2D eigenvalue weighted by molar-refractivity contribution is 7.14. The van der Waals surface area contributed by atoms with E-state index in [0.29, 0.717) is 53.3 Å². The van der Waals surface area contributed by atoms with Crippen LogP contribution in [0.5, 0.6) is 17.2 Å². The summed E-state index contributed by atoms with van der Waals surface area (Å²) < 4.78 is 16.8. The fourth-order valence-electron chi connectivity index (χ4n) is 3.96. The van der Waals surface area contributed by atoms with Crippen molar-refractivity contribution in [2.24, 2.45) is 0 Å². The van der Waals surface area contributed by atoms with Crippen LogP contribution in [0, 0.1) is 0 Å². The topological polar surface area (TPSA) is 98.2 Å². The van der Waals surface area contributed by atoms with Gasteiger partial charge in [-0.25, -0.2) is 4.98 Å². The van der Waals surface area contributed by atoms with Crippen LogP contribution in [0.3, 0.4) is 0 Å². The van der Waals surface area contributed by atoms with E-state index in [1.165, 1.54) is 16.2 Å². The third kappa shape index (κ3) is 3.80. The highest BCUT2D eigenvalue weighted by atomic mass is 32.1. The summed E-state index contributed by atoms with van der Waals surface area (Å²) in [7, 11) is 0. The van der Waals surface area contributed by atoms with Crippen LogP contribution < -0.4 is 19.1 Å². The van der Waals surface area contributed by atoms with Crippen molar-refractivity contribution in [1.29, 1.82) is 0 Å². The first kappa shape index (κ1) is 21.7. The molecule has 5 rings (SSSR count). The van der Waals surface area contributed by atoms with E-state index < -0.39 is 17.7 Å². The van der Waals surface area contributed by atoms with Crippen molar-refractivity contribution in [2.75, 3.05) is 24.7 Å². The number of thiazole rings is 1. The summed E-state index contributed by atoms with van der Waals surface area (Å²) in [4.78, 5) is 31.9. The Balaban J connectivity index is 1.66. The van der Waals surface area contributed by atoms with E-state index in [0.717, 1.165) is 0 Å². The van der Waals surface area contributed by atoms with Crippen LogP contribution in [0.2, 0.25) is 0 Å². The van der Waals surface area contributed by atoms with Crippen molar-refractivity contribution >= 4 is 33.9 Å². The molecule has 2 aliphatic rings.